The van der Waals surface area contributed by atoms with E-state index in [1.807, 2.05) is 20.8 Å². The molecule has 0 unspecified atom stereocenters. The maximum atomic E-state index is 12.6. The van der Waals surface area contributed by atoms with E-state index in [4.69, 9.17) is 9.47 Å². The molecule has 25 heavy (non-hydrogen) atoms. The molecule has 8 heteroatoms. The minimum atomic E-state index is -4.44. The van der Waals surface area contributed by atoms with Crippen molar-refractivity contribution in [2.75, 3.05) is 19.8 Å². The molecule has 0 bridgehead atoms. The van der Waals surface area contributed by atoms with Gasteiger partial charge in [-0.1, -0.05) is 6.92 Å². The number of carbonyl (C=O) groups excluding carboxylic acids is 1. The molecule has 1 amide bonds. The highest BCUT2D eigenvalue weighted by Gasteiger charge is 2.30. The predicted molar refractivity (Wildman–Crippen MR) is 88.5 cm³/mol. The van der Waals surface area contributed by atoms with Crippen LogP contribution in [-0.2, 0) is 15.7 Å². The molecule has 1 aromatic carbocycles. The average molecular weight is 360 g/mol. The summed E-state index contributed by atoms with van der Waals surface area (Å²) in [5, 5.41) is 2.49. The number of hydrogen-bond donors (Lipinski definition) is 1. The van der Waals surface area contributed by atoms with Gasteiger partial charge in [-0.05, 0) is 44.5 Å². The van der Waals surface area contributed by atoms with Crippen LogP contribution in [-0.4, -0.2) is 37.8 Å². The van der Waals surface area contributed by atoms with E-state index in [1.54, 1.807) is 0 Å². The van der Waals surface area contributed by atoms with Crippen LogP contribution in [0.5, 0.6) is 0 Å². The Labute approximate surface area is 145 Å². The Balaban J connectivity index is 2.77. The molecule has 0 aliphatic carbocycles. The molecule has 0 aliphatic rings. The molecule has 0 heterocycles. The number of nitrogens with one attached hydrogen (secondary N) is 1. The molecule has 140 valence electrons. The highest BCUT2D eigenvalue weighted by Crippen LogP contribution is 2.29. The Morgan fingerprint density at radius 1 is 1.20 bits per heavy atom. The van der Waals surface area contributed by atoms with Crippen LogP contribution >= 0.6 is 0 Å². The average Bonchev–Trinajstić information content (AvgIpc) is 2.57. The fraction of sp³-hybridized carbons (Fsp3) is 0.529. The molecule has 0 spiro atoms. The monoisotopic (exact) mass is 360 g/mol. The smallest absolute Gasteiger partial charge is 0.416 e. The number of hydrogen-bond acceptors (Lipinski definition) is 4. The maximum Gasteiger partial charge on any atom is 0.416 e. The van der Waals surface area contributed by atoms with E-state index in [-0.39, 0.29) is 24.2 Å². The van der Waals surface area contributed by atoms with E-state index in [2.05, 4.69) is 10.3 Å². The number of alkyl halides is 3. The Morgan fingerprint density at radius 2 is 1.84 bits per heavy atom. The van der Waals surface area contributed by atoms with Gasteiger partial charge in [0.05, 0.1) is 18.2 Å². The molecule has 0 saturated carbocycles. The van der Waals surface area contributed by atoms with Crippen LogP contribution in [0.15, 0.2) is 29.3 Å². The molecule has 0 radical (unpaired) electrons. The van der Waals surface area contributed by atoms with Crippen molar-refractivity contribution < 1.29 is 27.4 Å². The van der Waals surface area contributed by atoms with Crippen LogP contribution in [0.2, 0.25) is 0 Å². The second kappa shape index (κ2) is 10.0. The zero-order chi connectivity index (χ0) is 18.9. The SMILES string of the molecule is CCOCCOC(=N[C@H](C)CC)NC(=O)c1ccc(C(F)(F)F)cc1. The van der Waals surface area contributed by atoms with Crippen molar-refractivity contribution in [2.24, 2.45) is 4.99 Å². The van der Waals surface area contributed by atoms with E-state index in [0.717, 1.165) is 30.7 Å². The van der Waals surface area contributed by atoms with Crippen LogP contribution in [0.4, 0.5) is 13.2 Å². The van der Waals surface area contributed by atoms with Crippen LogP contribution in [0.3, 0.4) is 0 Å². The van der Waals surface area contributed by atoms with E-state index in [0.29, 0.717) is 13.2 Å². The topological polar surface area (TPSA) is 59.9 Å². The molecule has 1 aromatic rings. The lowest BCUT2D eigenvalue weighted by Gasteiger charge is -2.13. The predicted octanol–water partition coefficient (Wildman–Crippen LogP) is 3.64. The van der Waals surface area contributed by atoms with Crippen LogP contribution < -0.4 is 5.32 Å². The number of rotatable bonds is 7. The summed E-state index contributed by atoms with van der Waals surface area (Å²) in [5.41, 5.74) is -0.733. The molecule has 5 nitrogen and oxygen atoms in total. The van der Waals surface area contributed by atoms with Crippen molar-refractivity contribution in [1.82, 2.24) is 5.32 Å². The molecule has 1 N–H and O–H groups in total. The summed E-state index contributed by atoms with van der Waals surface area (Å²) < 4.78 is 48.2. The molecular formula is C17H23F3N2O3. The van der Waals surface area contributed by atoms with Crippen molar-refractivity contribution in [3.05, 3.63) is 35.4 Å². The highest BCUT2D eigenvalue weighted by atomic mass is 19.4. The van der Waals surface area contributed by atoms with Gasteiger partial charge in [0.15, 0.2) is 0 Å². The number of carbonyl (C=O) groups is 1. The third kappa shape index (κ3) is 7.55. The lowest BCUT2D eigenvalue weighted by Crippen LogP contribution is -2.34. The van der Waals surface area contributed by atoms with Gasteiger partial charge in [-0.25, -0.2) is 4.99 Å². The van der Waals surface area contributed by atoms with Gasteiger partial charge in [0.1, 0.15) is 6.61 Å². The van der Waals surface area contributed by atoms with E-state index in [1.165, 1.54) is 0 Å². The molecule has 0 fully saturated rings. The summed E-state index contributed by atoms with van der Waals surface area (Å²) >= 11 is 0. The number of benzene rings is 1. The summed E-state index contributed by atoms with van der Waals surface area (Å²) in [6, 6.07) is 3.89. The van der Waals surface area contributed by atoms with E-state index < -0.39 is 17.6 Å². The van der Waals surface area contributed by atoms with E-state index in [9.17, 15) is 18.0 Å². The lowest BCUT2D eigenvalue weighted by atomic mass is 10.1. The Morgan fingerprint density at radius 3 is 2.36 bits per heavy atom. The summed E-state index contributed by atoms with van der Waals surface area (Å²) in [6.07, 6.45) is -3.70. The second-order valence-corrected chi connectivity index (χ2v) is 5.27. The number of nitrogens with zero attached hydrogens (tertiary/aromatic N) is 1. The van der Waals surface area contributed by atoms with Gasteiger partial charge < -0.3 is 9.47 Å². The van der Waals surface area contributed by atoms with Gasteiger partial charge in [0, 0.05) is 12.2 Å². The first kappa shape index (κ1) is 21.0. The minimum Gasteiger partial charge on any atom is -0.463 e. The Hall–Kier alpha value is -2.09. The number of aliphatic imine (C=N–C) groups is 1. The van der Waals surface area contributed by atoms with Crippen molar-refractivity contribution in [2.45, 2.75) is 39.4 Å². The normalized spacial score (nSPS) is 13.4. The highest BCUT2D eigenvalue weighted by molar-refractivity contribution is 6.04. The molecular weight excluding hydrogens is 337 g/mol. The summed E-state index contributed by atoms with van der Waals surface area (Å²) in [4.78, 5) is 16.4. The van der Waals surface area contributed by atoms with E-state index >= 15 is 0 Å². The third-order valence-corrected chi connectivity index (χ3v) is 3.29. The largest absolute Gasteiger partial charge is 0.463 e. The zero-order valence-corrected chi connectivity index (χ0v) is 14.5. The van der Waals surface area contributed by atoms with Crippen LogP contribution in [0.25, 0.3) is 0 Å². The fourth-order valence-electron chi connectivity index (χ4n) is 1.72. The van der Waals surface area contributed by atoms with Gasteiger partial charge in [0.2, 0.25) is 0 Å². The Bertz CT molecular complexity index is 571. The number of amides is 1. The Kier molecular flexibility index (Phi) is 8.40. The van der Waals surface area contributed by atoms with Gasteiger partial charge in [-0.15, -0.1) is 0 Å². The number of halogens is 3. The van der Waals surface area contributed by atoms with Crippen molar-refractivity contribution in [3.8, 4) is 0 Å². The van der Waals surface area contributed by atoms with Gasteiger partial charge in [-0.3, -0.25) is 10.1 Å². The van der Waals surface area contributed by atoms with Crippen LogP contribution in [0, 0.1) is 0 Å². The van der Waals surface area contributed by atoms with Crippen molar-refractivity contribution >= 4 is 11.9 Å². The van der Waals surface area contributed by atoms with Crippen molar-refractivity contribution in [3.63, 3.8) is 0 Å². The fourth-order valence-corrected chi connectivity index (χ4v) is 1.72. The zero-order valence-electron chi connectivity index (χ0n) is 14.5. The standard InChI is InChI=1S/C17H23F3N2O3/c1-4-12(3)21-16(25-11-10-24-5-2)22-15(23)13-6-8-14(9-7-13)17(18,19)20/h6-9,12H,4-5,10-11H2,1-3H3,(H,21,22,23)/t12-/m1/s1. The third-order valence-electron chi connectivity index (χ3n) is 3.29. The minimum absolute atomic E-state index is 0.0268. The van der Waals surface area contributed by atoms with Crippen molar-refractivity contribution in [1.29, 1.82) is 0 Å². The molecule has 0 saturated heterocycles. The summed E-state index contributed by atoms with van der Waals surface area (Å²) in [7, 11) is 0. The molecule has 0 aromatic heterocycles. The number of amidine groups is 1. The number of ether oxygens (including phenoxy) is 2. The lowest BCUT2D eigenvalue weighted by molar-refractivity contribution is -0.137. The molecule has 0 aliphatic heterocycles. The van der Waals surface area contributed by atoms with Gasteiger partial charge in [-0.2, -0.15) is 13.2 Å². The summed E-state index contributed by atoms with van der Waals surface area (Å²) in [6.45, 7) is 6.72. The quantitative estimate of drug-likeness (QED) is 0.459. The first-order valence-electron chi connectivity index (χ1n) is 8.04. The first-order chi connectivity index (χ1) is 11.8. The summed E-state index contributed by atoms with van der Waals surface area (Å²) in [5.74, 6) is -0.591. The molecule has 1 atom stereocenters. The van der Waals surface area contributed by atoms with Gasteiger partial charge >= 0.3 is 6.18 Å². The maximum absolute atomic E-state index is 12.6. The second-order valence-electron chi connectivity index (χ2n) is 5.27. The first-order valence-corrected chi connectivity index (χ1v) is 8.04. The van der Waals surface area contributed by atoms with Gasteiger partial charge in [0.25, 0.3) is 11.9 Å². The van der Waals surface area contributed by atoms with Crippen LogP contribution in [0.1, 0.15) is 43.1 Å². The molecule has 1 rings (SSSR count).